The minimum absolute atomic E-state index is 0.119. The van der Waals surface area contributed by atoms with E-state index in [0.717, 1.165) is 21.2 Å². The first-order valence-corrected chi connectivity index (χ1v) is 10.6. The fraction of sp³-hybridized carbons (Fsp3) is 0.208. The molecule has 0 bridgehead atoms. The quantitative estimate of drug-likeness (QED) is 0.391. The van der Waals surface area contributed by atoms with Gasteiger partial charge in [-0.25, -0.2) is 0 Å². The zero-order valence-electron chi connectivity index (χ0n) is 16.7. The number of amides is 1. The van der Waals surface area contributed by atoms with Crippen LogP contribution in [0.2, 0.25) is 0 Å². The van der Waals surface area contributed by atoms with Crippen LogP contribution in [0, 0.1) is 18.3 Å². The molecule has 0 N–H and O–H groups in total. The van der Waals surface area contributed by atoms with E-state index in [1.807, 2.05) is 79.7 Å². The summed E-state index contributed by atoms with van der Waals surface area (Å²) < 4.78 is 5.19. The molecule has 0 heterocycles. The first kappa shape index (κ1) is 21.4. The van der Waals surface area contributed by atoms with Gasteiger partial charge in [0.25, 0.3) is 5.91 Å². The Morgan fingerprint density at radius 2 is 1.77 bits per heavy atom. The van der Waals surface area contributed by atoms with E-state index in [9.17, 15) is 9.59 Å². The van der Waals surface area contributed by atoms with Gasteiger partial charge in [0, 0.05) is 17.1 Å². The lowest BCUT2D eigenvalue weighted by atomic mass is 10.1. The smallest absolute Gasteiger partial charge is 0.316 e. The molecule has 5 nitrogen and oxygen atoms in total. The summed E-state index contributed by atoms with van der Waals surface area (Å²) in [6, 6.07) is 23.5. The van der Waals surface area contributed by atoms with E-state index >= 15 is 0 Å². The summed E-state index contributed by atoms with van der Waals surface area (Å²) in [6.45, 7) is 1.86. The number of hydrogen-bond acceptors (Lipinski definition) is 5. The van der Waals surface area contributed by atoms with Crippen molar-refractivity contribution in [2.24, 2.45) is 0 Å². The van der Waals surface area contributed by atoms with E-state index in [-0.39, 0.29) is 31.2 Å². The molecule has 1 amide bonds. The van der Waals surface area contributed by atoms with E-state index in [1.54, 1.807) is 0 Å². The van der Waals surface area contributed by atoms with Crippen molar-refractivity contribution in [3.05, 3.63) is 72.3 Å². The van der Waals surface area contributed by atoms with Gasteiger partial charge in [-0.15, -0.1) is 11.8 Å². The van der Waals surface area contributed by atoms with Crippen LogP contribution in [0.25, 0.3) is 10.8 Å². The first-order valence-electron chi connectivity index (χ1n) is 9.58. The van der Waals surface area contributed by atoms with Crippen LogP contribution in [0.3, 0.4) is 0 Å². The van der Waals surface area contributed by atoms with Crippen LogP contribution in [0.15, 0.2) is 71.6 Å². The minimum atomic E-state index is -0.453. The fourth-order valence-corrected chi connectivity index (χ4v) is 3.69. The van der Waals surface area contributed by atoms with Gasteiger partial charge >= 0.3 is 5.97 Å². The SMILES string of the molecule is Cc1ccc(N(CCC#N)C(=O)COC(=O)CSc2ccc3ccccc3c2)cc1. The van der Waals surface area contributed by atoms with E-state index < -0.39 is 5.97 Å². The molecule has 6 heteroatoms. The number of thioether (sulfide) groups is 1. The normalized spacial score (nSPS) is 10.4. The van der Waals surface area contributed by atoms with Crippen molar-refractivity contribution in [2.75, 3.05) is 23.8 Å². The highest BCUT2D eigenvalue weighted by Gasteiger charge is 2.17. The lowest BCUT2D eigenvalue weighted by Crippen LogP contribution is -2.35. The number of aryl methyl sites for hydroxylation is 1. The van der Waals surface area contributed by atoms with Crippen molar-refractivity contribution in [3.63, 3.8) is 0 Å². The molecule has 0 fully saturated rings. The Balaban J connectivity index is 1.54. The number of nitriles is 1. The van der Waals surface area contributed by atoms with Crippen molar-refractivity contribution in [1.82, 2.24) is 0 Å². The van der Waals surface area contributed by atoms with Crippen molar-refractivity contribution in [2.45, 2.75) is 18.2 Å². The molecule has 0 aromatic heterocycles. The maximum absolute atomic E-state index is 12.6. The number of carbonyl (C=O) groups excluding carboxylic acids is 2. The Kier molecular flexibility index (Phi) is 7.47. The third-order valence-corrected chi connectivity index (χ3v) is 5.50. The number of hydrogen-bond donors (Lipinski definition) is 0. The Hall–Kier alpha value is -3.30. The van der Waals surface area contributed by atoms with Gasteiger partial charge in [-0.2, -0.15) is 5.26 Å². The highest BCUT2D eigenvalue weighted by atomic mass is 32.2. The maximum Gasteiger partial charge on any atom is 0.316 e. The maximum atomic E-state index is 12.6. The number of carbonyl (C=O) groups is 2. The summed E-state index contributed by atoms with van der Waals surface area (Å²) in [5.41, 5.74) is 1.76. The Bertz CT molecular complexity index is 1070. The molecule has 0 aliphatic carbocycles. The first-order chi connectivity index (χ1) is 14.6. The summed E-state index contributed by atoms with van der Waals surface area (Å²) >= 11 is 1.37. The molecular weight excluding hydrogens is 396 g/mol. The minimum Gasteiger partial charge on any atom is -0.455 e. The van der Waals surface area contributed by atoms with Gasteiger partial charge in [0.1, 0.15) is 0 Å². The van der Waals surface area contributed by atoms with E-state index in [4.69, 9.17) is 10.00 Å². The molecule has 0 aliphatic heterocycles. The Labute approximate surface area is 180 Å². The molecule has 0 aliphatic rings. The average Bonchev–Trinajstić information content (AvgIpc) is 2.77. The molecule has 0 saturated heterocycles. The summed E-state index contributed by atoms with van der Waals surface area (Å²) in [5, 5.41) is 11.1. The van der Waals surface area contributed by atoms with Crippen LogP contribution in [0.1, 0.15) is 12.0 Å². The summed E-state index contributed by atoms with van der Waals surface area (Å²) in [6.07, 6.45) is 0.200. The standard InChI is InChI=1S/C24H22N2O3S/c1-18-7-10-21(11-8-18)26(14-4-13-25)23(27)16-29-24(28)17-30-22-12-9-19-5-2-3-6-20(19)15-22/h2-3,5-12,15H,4,14,16-17H2,1H3. The van der Waals surface area contributed by atoms with E-state index in [2.05, 4.69) is 0 Å². The average molecular weight is 419 g/mol. The molecule has 3 aromatic rings. The van der Waals surface area contributed by atoms with Gasteiger partial charge in [0.2, 0.25) is 0 Å². The number of anilines is 1. The monoisotopic (exact) mass is 418 g/mol. The molecule has 0 saturated carbocycles. The van der Waals surface area contributed by atoms with Crippen LogP contribution in [0.5, 0.6) is 0 Å². The lowest BCUT2D eigenvalue weighted by Gasteiger charge is -2.21. The number of esters is 1. The summed E-state index contributed by atoms with van der Waals surface area (Å²) in [5.74, 6) is -0.683. The number of nitrogens with zero attached hydrogens (tertiary/aromatic N) is 2. The predicted molar refractivity (Wildman–Crippen MR) is 119 cm³/mol. The fourth-order valence-electron chi connectivity index (χ4n) is 2.95. The molecule has 3 rings (SSSR count). The second kappa shape index (κ2) is 10.5. The molecule has 0 radical (unpaired) electrons. The highest BCUT2D eigenvalue weighted by molar-refractivity contribution is 8.00. The van der Waals surface area contributed by atoms with Crippen LogP contribution in [-0.2, 0) is 14.3 Å². The number of ether oxygens (including phenoxy) is 1. The van der Waals surface area contributed by atoms with Gasteiger partial charge < -0.3 is 9.64 Å². The van der Waals surface area contributed by atoms with Crippen molar-refractivity contribution < 1.29 is 14.3 Å². The molecule has 30 heavy (non-hydrogen) atoms. The molecule has 0 spiro atoms. The van der Waals surface area contributed by atoms with Crippen molar-refractivity contribution in [3.8, 4) is 6.07 Å². The van der Waals surface area contributed by atoms with E-state index in [0.29, 0.717) is 5.69 Å². The third kappa shape index (κ3) is 5.85. The summed E-state index contributed by atoms with van der Waals surface area (Å²) in [7, 11) is 0. The number of rotatable bonds is 8. The van der Waals surface area contributed by atoms with Gasteiger partial charge in [-0.3, -0.25) is 9.59 Å². The molecular formula is C24H22N2O3S. The van der Waals surface area contributed by atoms with Gasteiger partial charge in [0.05, 0.1) is 18.2 Å². The van der Waals surface area contributed by atoms with Crippen LogP contribution < -0.4 is 4.90 Å². The van der Waals surface area contributed by atoms with Gasteiger partial charge in [-0.05, 0) is 42.0 Å². The molecule has 0 unspecified atom stereocenters. The van der Waals surface area contributed by atoms with Crippen LogP contribution >= 0.6 is 11.8 Å². The molecule has 0 atom stereocenters. The largest absolute Gasteiger partial charge is 0.455 e. The Morgan fingerprint density at radius 3 is 2.50 bits per heavy atom. The second-order valence-electron chi connectivity index (χ2n) is 6.75. The number of fused-ring (bicyclic) bond motifs is 1. The van der Waals surface area contributed by atoms with Gasteiger partial charge in [0.15, 0.2) is 6.61 Å². The topological polar surface area (TPSA) is 70.4 Å². The van der Waals surface area contributed by atoms with Crippen LogP contribution in [-0.4, -0.2) is 30.8 Å². The number of benzene rings is 3. The molecule has 3 aromatic carbocycles. The van der Waals surface area contributed by atoms with Crippen molar-refractivity contribution >= 4 is 40.1 Å². The highest BCUT2D eigenvalue weighted by Crippen LogP contribution is 2.23. The van der Waals surface area contributed by atoms with E-state index in [1.165, 1.54) is 16.7 Å². The van der Waals surface area contributed by atoms with Crippen LogP contribution in [0.4, 0.5) is 5.69 Å². The zero-order valence-corrected chi connectivity index (χ0v) is 17.5. The molecule has 152 valence electrons. The second-order valence-corrected chi connectivity index (χ2v) is 7.80. The predicted octanol–water partition coefficient (Wildman–Crippen LogP) is 4.73. The van der Waals surface area contributed by atoms with Crippen molar-refractivity contribution in [1.29, 1.82) is 5.26 Å². The summed E-state index contributed by atoms with van der Waals surface area (Å²) in [4.78, 5) is 27.2. The lowest BCUT2D eigenvalue weighted by molar-refractivity contribution is -0.145. The Morgan fingerprint density at radius 1 is 1.03 bits per heavy atom. The zero-order chi connectivity index (χ0) is 21.3. The third-order valence-electron chi connectivity index (χ3n) is 4.53. The van der Waals surface area contributed by atoms with Gasteiger partial charge in [-0.1, -0.05) is 48.0 Å².